The molecule has 0 amide bonds. The summed E-state index contributed by atoms with van der Waals surface area (Å²) in [7, 11) is 1.74. The lowest BCUT2D eigenvalue weighted by Crippen LogP contribution is -2.19. The van der Waals surface area contributed by atoms with E-state index < -0.39 is 0 Å². The molecule has 0 aliphatic carbocycles. The zero-order chi connectivity index (χ0) is 27.3. The summed E-state index contributed by atoms with van der Waals surface area (Å²) in [5.41, 5.74) is 5.50. The van der Waals surface area contributed by atoms with E-state index in [4.69, 9.17) is 9.47 Å². The lowest BCUT2D eigenvalue weighted by atomic mass is 10.0. The molecule has 4 heteroatoms. The SMILES string of the molecule is CCCCCCCCCC(OC)Oc1cc(Br)ccc1-c1ccc(N(c2ccccc2)c2ccccc2)cc1. The molecule has 0 heterocycles. The van der Waals surface area contributed by atoms with Crippen molar-refractivity contribution in [1.29, 1.82) is 0 Å². The minimum Gasteiger partial charge on any atom is -0.464 e. The largest absolute Gasteiger partial charge is 0.464 e. The normalized spacial score (nSPS) is 11.8. The summed E-state index contributed by atoms with van der Waals surface area (Å²) in [4.78, 5) is 2.27. The number of halogens is 1. The van der Waals surface area contributed by atoms with Gasteiger partial charge in [-0.05, 0) is 66.6 Å². The van der Waals surface area contributed by atoms with Gasteiger partial charge in [0.05, 0.1) is 0 Å². The molecule has 204 valence electrons. The molecule has 3 nitrogen and oxygen atoms in total. The van der Waals surface area contributed by atoms with Gasteiger partial charge in [0.25, 0.3) is 0 Å². The summed E-state index contributed by atoms with van der Waals surface area (Å²) in [5.74, 6) is 0.829. The van der Waals surface area contributed by atoms with Crippen molar-refractivity contribution in [2.75, 3.05) is 12.0 Å². The van der Waals surface area contributed by atoms with Crippen molar-refractivity contribution in [3.05, 3.63) is 108 Å². The molecule has 0 radical (unpaired) electrons. The van der Waals surface area contributed by atoms with Crippen molar-refractivity contribution in [3.63, 3.8) is 0 Å². The van der Waals surface area contributed by atoms with Crippen LogP contribution in [0.3, 0.4) is 0 Å². The fourth-order valence-corrected chi connectivity index (χ4v) is 5.20. The molecule has 0 aromatic heterocycles. The summed E-state index contributed by atoms with van der Waals surface area (Å²) in [6, 6.07) is 35.8. The molecule has 4 rings (SSSR count). The van der Waals surface area contributed by atoms with E-state index in [1.165, 1.54) is 38.5 Å². The molecule has 4 aromatic rings. The number of unbranched alkanes of at least 4 members (excludes halogenated alkanes) is 6. The number of ether oxygens (including phenoxy) is 2. The maximum Gasteiger partial charge on any atom is 0.199 e. The van der Waals surface area contributed by atoms with Crippen LogP contribution in [-0.4, -0.2) is 13.4 Å². The van der Waals surface area contributed by atoms with E-state index in [0.29, 0.717) is 0 Å². The van der Waals surface area contributed by atoms with Gasteiger partial charge in [0.15, 0.2) is 6.29 Å². The third kappa shape index (κ3) is 8.45. The second-order valence-corrected chi connectivity index (χ2v) is 10.8. The Morgan fingerprint density at radius 3 is 1.82 bits per heavy atom. The van der Waals surface area contributed by atoms with Crippen molar-refractivity contribution in [2.24, 2.45) is 0 Å². The smallest absolute Gasteiger partial charge is 0.199 e. The van der Waals surface area contributed by atoms with Gasteiger partial charge in [-0.15, -0.1) is 0 Å². The van der Waals surface area contributed by atoms with Crippen LogP contribution in [0.2, 0.25) is 0 Å². The summed E-state index contributed by atoms with van der Waals surface area (Å²) in [5, 5.41) is 0. The summed E-state index contributed by atoms with van der Waals surface area (Å²) in [6.45, 7) is 2.26. The van der Waals surface area contributed by atoms with Gasteiger partial charge >= 0.3 is 0 Å². The maximum absolute atomic E-state index is 6.43. The van der Waals surface area contributed by atoms with Crippen molar-refractivity contribution >= 4 is 33.0 Å². The molecule has 0 saturated heterocycles. The number of hydrogen-bond acceptors (Lipinski definition) is 3. The quantitative estimate of drug-likeness (QED) is 0.102. The van der Waals surface area contributed by atoms with E-state index in [2.05, 4.69) is 113 Å². The number of benzene rings is 4. The number of methoxy groups -OCH3 is 1. The highest BCUT2D eigenvalue weighted by Gasteiger charge is 2.16. The molecule has 0 aliphatic heterocycles. The summed E-state index contributed by atoms with van der Waals surface area (Å²) < 4.78 is 13.2. The predicted molar refractivity (Wildman–Crippen MR) is 168 cm³/mol. The van der Waals surface area contributed by atoms with Crippen molar-refractivity contribution in [1.82, 2.24) is 0 Å². The van der Waals surface area contributed by atoms with Crippen LogP contribution in [0.4, 0.5) is 17.1 Å². The van der Waals surface area contributed by atoms with Gasteiger partial charge < -0.3 is 14.4 Å². The molecule has 0 saturated carbocycles. The molecule has 0 N–H and O–H groups in total. The monoisotopic (exact) mass is 585 g/mol. The molecule has 4 aromatic carbocycles. The highest BCUT2D eigenvalue weighted by Crippen LogP contribution is 2.38. The first kappa shape index (κ1) is 28.9. The van der Waals surface area contributed by atoms with Gasteiger partial charge in [-0.1, -0.05) is 110 Å². The average molecular weight is 587 g/mol. The minimum absolute atomic E-state index is 0.264. The standard InChI is InChI=1S/C35H40BrNO2/c1-3-4-5-6-7-8-15-20-35(38-2)39-34-27-29(36)23-26-33(34)28-21-24-32(25-22-28)37(30-16-11-9-12-17-30)31-18-13-10-14-19-31/h9-14,16-19,21-27,35H,3-8,15,20H2,1-2H3. The van der Waals surface area contributed by atoms with Crippen LogP contribution >= 0.6 is 15.9 Å². The van der Waals surface area contributed by atoms with E-state index in [0.717, 1.165) is 51.3 Å². The van der Waals surface area contributed by atoms with Crippen molar-refractivity contribution in [2.45, 2.75) is 64.6 Å². The van der Waals surface area contributed by atoms with Crippen molar-refractivity contribution in [3.8, 4) is 16.9 Å². The van der Waals surface area contributed by atoms with Gasteiger partial charge in [0.1, 0.15) is 5.75 Å². The van der Waals surface area contributed by atoms with Crippen LogP contribution in [-0.2, 0) is 4.74 Å². The highest BCUT2D eigenvalue weighted by molar-refractivity contribution is 9.10. The lowest BCUT2D eigenvalue weighted by molar-refractivity contribution is -0.0591. The Hall–Kier alpha value is -3.08. The molecule has 1 atom stereocenters. The van der Waals surface area contributed by atoms with E-state index >= 15 is 0 Å². The van der Waals surface area contributed by atoms with Crippen LogP contribution in [0, 0.1) is 0 Å². The van der Waals surface area contributed by atoms with Gasteiger partial charge in [0, 0.05) is 40.6 Å². The predicted octanol–water partition coefficient (Wildman–Crippen LogP) is 11.1. The Bertz CT molecular complexity index is 1210. The molecule has 0 aliphatic rings. The molecule has 0 fully saturated rings. The van der Waals surface area contributed by atoms with Crippen molar-refractivity contribution < 1.29 is 9.47 Å². The van der Waals surface area contributed by atoms with E-state index in [1.54, 1.807) is 7.11 Å². The van der Waals surface area contributed by atoms with Gasteiger partial charge in [-0.25, -0.2) is 0 Å². The molecular weight excluding hydrogens is 546 g/mol. The second-order valence-electron chi connectivity index (χ2n) is 9.89. The number of rotatable bonds is 15. The van der Waals surface area contributed by atoms with Gasteiger partial charge in [-0.3, -0.25) is 0 Å². The molecular formula is C35H40BrNO2. The second kappa shape index (κ2) is 15.5. The third-order valence-electron chi connectivity index (χ3n) is 6.97. The molecule has 0 spiro atoms. The Kier molecular flexibility index (Phi) is 11.5. The van der Waals surface area contributed by atoms with Crippen LogP contribution in [0.25, 0.3) is 11.1 Å². The van der Waals surface area contributed by atoms with Crippen LogP contribution < -0.4 is 9.64 Å². The highest BCUT2D eigenvalue weighted by atomic mass is 79.9. The minimum atomic E-state index is -0.264. The average Bonchev–Trinajstić information content (AvgIpc) is 2.98. The third-order valence-corrected chi connectivity index (χ3v) is 7.47. The first-order valence-corrected chi connectivity index (χ1v) is 15.0. The Morgan fingerprint density at radius 1 is 0.667 bits per heavy atom. The number of para-hydroxylation sites is 2. The summed E-state index contributed by atoms with van der Waals surface area (Å²) >= 11 is 3.63. The van der Waals surface area contributed by atoms with Gasteiger partial charge in [0.2, 0.25) is 0 Å². The fraction of sp³-hybridized carbons (Fsp3) is 0.314. The van der Waals surface area contributed by atoms with Crippen LogP contribution in [0.15, 0.2) is 108 Å². The number of nitrogens with zero attached hydrogens (tertiary/aromatic N) is 1. The van der Waals surface area contributed by atoms with Crippen LogP contribution in [0.1, 0.15) is 58.3 Å². The first-order chi connectivity index (χ1) is 19.2. The number of anilines is 3. The molecule has 39 heavy (non-hydrogen) atoms. The van der Waals surface area contributed by atoms with Gasteiger partial charge in [-0.2, -0.15) is 0 Å². The zero-order valence-corrected chi connectivity index (χ0v) is 24.8. The van der Waals surface area contributed by atoms with E-state index in [9.17, 15) is 0 Å². The maximum atomic E-state index is 6.43. The lowest BCUT2D eigenvalue weighted by Gasteiger charge is -2.25. The topological polar surface area (TPSA) is 21.7 Å². The first-order valence-electron chi connectivity index (χ1n) is 14.2. The molecule has 0 bridgehead atoms. The Labute approximate surface area is 242 Å². The number of hydrogen-bond donors (Lipinski definition) is 0. The van der Waals surface area contributed by atoms with Crippen LogP contribution in [0.5, 0.6) is 5.75 Å². The Morgan fingerprint density at radius 2 is 1.23 bits per heavy atom. The van der Waals surface area contributed by atoms with E-state index in [-0.39, 0.29) is 6.29 Å². The zero-order valence-electron chi connectivity index (χ0n) is 23.2. The fourth-order valence-electron chi connectivity index (χ4n) is 4.86. The van der Waals surface area contributed by atoms with E-state index in [1.807, 2.05) is 18.2 Å². The Balaban J connectivity index is 1.50. The molecule has 1 unspecified atom stereocenters. The summed E-state index contributed by atoms with van der Waals surface area (Å²) in [6.07, 6.45) is 9.53.